The average Bonchev–Trinajstić information content (AvgIpc) is 2.90. The molecule has 24 heavy (non-hydrogen) atoms. The topological polar surface area (TPSA) is 69.0 Å². The Labute approximate surface area is 141 Å². The number of nitrogens with zero attached hydrogens (tertiary/aromatic N) is 3. The minimum atomic E-state index is -0.0580. The maximum Gasteiger partial charge on any atom is 0.223 e. The van der Waals surface area contributed by atoms with Crippen LogP contribution in [-0.2, 0) is 30.7 Å². The number of ether oxygens (including phenoxy) is 1. The van der Waals surface area contributed by atoms with Crippen LogP contribution in [0.4, 0.5) is 0 Å². The average molecular weight is 326 g/mol. The molecule has 1 N–H and O–H groups in total. The van der Waals surface area contributed by atoms with Crippen LogP contribution < -0.4 is 10.1 Å². The van der Waals surface area contributed by atoms with Gasteiger partial charge in [0.25, 0.3) is 0 Å². The standard InChI is InChI=1S/C18H22N4O2/c23-18(14-8-10-24-15-6-2-1-5-13(15)11-14)19-12-17-21-20-16-7-3-4-9-22(16)17/h1-2,5-6,14H,3-4,7-12H2,(H,19,23)/t14-/m0/s1. The van der Waals surface area contributed by atoms with Gasteiger partial charge in [-0.2, -0.15) is 0 Å². The van der Waals surface area contributed by atoms with Gasteiger partial charge in [0.05, 0.1) is 13.2 Å². The first-order valence-electron chi connectivity index (χ1n) is 8.70. The zero-order valence-corrected chi connectivity index (χ0v) is 13.7. The number of aromatic nitrogens is 3. The van der Waals surface area contributed by atoms with Crippen molar-refractivity contribution in [1.82, 2.24) is 20.1 Å². The molecule has 0 bridgehead atoms. The van der Waals surface area contributed by atoms with Gasteiger partial charge in [0.2, 0.25) is 5.91 Å². The lowest BCUT2D eigenvalue weighted by Gasteiger charge is -2.16. The van der Waals surface area contributed by atoms with Crippen molar-refractivity contribution in [2.75, 3.05) is 6.61 Å². The molecule has 0 fully saturated rings. The Kier molecular flexibility index (Phi) is 4.19. The van der Waals surface area contributed by atoms with Crippen LogP contribution in [0.3, 0.4) is 0 Å². The third-order valence-corrected chi connectivity index (χ3v) is 4.89. The number of nitrogens with one attached hydrogen (secondary N) is 1. The molecule has 3 heterocycles. The van der Waals surface area contributed by atoms with Gasteiger partial charge in [0, 0.05) is 18.9 Å². The van der Waals surface area contributed by atoms with Crippen molar-refractivity contribution in [3.05, 3.63) is 41.5 Å². The number of aryl methyl sites for hydroxylation is 1. The second-order valence-electron chi connectivity index (χ2n) is 6.50. The van der Waals surface area contributed by atoms with E-state index < -0.39 is 0 Å². The summed E-state index contributed by atoms with van der Waals surface area (Å²) < 4.78 is 7.90. The minimum absolute atomic E-state index is 0.0580. The van der Waals surface area contributed by atoms with Crippen molar-refractivity contribution in [2.45, 2.75) is 45.2 Å². The quantitative estimate of drug-likeness (QED) is 0.935. The summed E-state index contributed by atoms with van der Waals surface area (Å²) in [5.41, 5.74) is 1.11. The van der Waals surface area contributed by atoms with E-state index in [1.165, 1.54) is 6.42 Å². The highest BCUT2D eigenvalue weighted by molar-refractivity contribution is 5.79. The molecule has 0 spiro atoms. The number of amides is 1. The van der Waals surface area contributed by atoms with E-state index in [1.54, 1.807) is 0 Å². The van der Waals surface area contributed by atoms with Gasteiger partial charge < -0.3 is 14.6 Å². The Morgan fingerprint density at radius 2 is 2.21 bits per heavy atom. The van der Waals surface area contributed by atoms with Crippen molar-refractivity contribution in [1.29, 1.82) is 0 Å². The maximum absolute atomic E-state index is 12.6. The van der Waals surface area contributed by atoms with E-state index in [2.05, 4.69) is 20.1 Å². The number of fused-ring (bicyclic) bond motifs is 2. The molecule has 1 amide bonds. The Balaban J connectivity index is 1.40. The molecule has 1 atom stereocenters. The summed E-state index contributed by atoms with van der Waals surface area (Å²) in [5, 5.41) is 11.5. The lowest BCUT2D eigenvalue weighted by Crippen LogP contribution is -2.33. The van der Waals surface area contributed by atoms with Crippen LogP contribution in [0, 0.1) is 5.92 Å². The van der Waals surface area contributed by atoms with Gasteiger partial charge in [0.15, 0.2) is 5.82 Å². The monoisotopic (exact) mass is 326 g/mol. The Morgan fingerprint density at radius 3 is 3.17 bits per heavy atom. The van der Waals surface area contributed by atoms with Gasteiger partial charge in [-0.05, 0) is 37.3 Å². The molecule has 0 unspecified atom stereocenters. The normalized spacial score (nSPS) is 19.6. The number of hydrogen-bond donors (Lipinski definition) is 1. The van der Waals surface area contributed by atoms with E-state index in [0.717, 1.165) is 55.2 Å². The van der Waals surface area contributed by atoms with Crippen LogP contribution in [0.15, 0.2) is 24.3 Å². The van der Waals surface area contributed by atoms with Crippen molar-refractivity contribution in [3.8, 4) is 5.75 Å². The van der Waals surface area contributed by atoms with Gasteiger partial charge in [-0.25, -0.2) is 0 Å². The number of hydrogen-bond acceptors (Lipinski definition) is 4. The summed E-state index contributed by atoms with van der Waals surface area (Å²) in [6.45, 7) is 1.98. The summed E-state index contributed by atoms with van der Waals surface area (Å²) in [4.78, 5) is 12.6. The van der Waals surface area contributed by atoms with Gasteiger partial charge in [-0.15, -0.1) is 10.2 Å². The van der Waals surface area contributed by atoms with Crippen molar-refractivity contribution in [2.24, 2.45) is 5.92 Å². The Morgan fingerprint density at radius 1 is 1.29 bits per heavy atom. The Bertz CT molecular complexity index is 740. The second-order valence-corrected chi connectivity index (χ2v) is 6.50. The SMILES string of the molecule is O=C(NCc1nnc2n1CCCC2)[C@H]1CCOc2ccccc2C1. The van der Waals surface area contributed by atoms with Crippen molar-refractivity contribution in [3.63, 3.8) is 0 Å². The summed E-state index contributed by atoms with van der Waals surface area (Å²) >= 11 is 0. The molecule has 6 nitrogen and oxygen atoms in total. The molecule has 6 heteroatoms. The predicted molar refractivity (Wildman–Crippen MR) is 88.6 cm³/mol. The maximum atomic E-state index is 12.6. The third-order valence-electron chi connectivity index (χ3n) is 4.89. The molecule has 0 saturated carbocycles. The first kappa shape index (κ1) is 15.2. The lowest BCUT2D eigenvalue weighted by molar-refractivity contribution is -0.125. The molecule has 0 aliphatic carbocycles. The van der Waals surface area contributed by atoms with Crippen molar-refractivity contribution < 1.29 is 9.53 Å². The largest absolute Gasteiger partial charge is 0.493 e. The molecular formula is C18H22N4O2. The smallest absolute Gasteiger partial charge is 0.223 e. The van der Waals surface area contributed by atoms with Gasteiger partial charge in [0.1, 0.15) is 11.6 Å². The molecule has 2 aliphatic heterocycles. The molecule has 126 valence electrons. The van der Waals surface area contributed by atoms with Crippen LogP contribution in [-0.4, -0.2) is 27.3 Å². The minimum Gasteiger partial charge on any atom is -0.493 e. The number of rotatable bonds is 3. The van der Waals surface area contributed by atoms with E-state index in [1.807, 2.05) is 24.3 Å². The zero-order chi connectivity index (χ0) is 16.4. The third kappa shape index (κ3) is 3.00. The first-order valence-corrected chi connectivity index (χ1v) is 8.70. The van der Waals surface area contributed by atoms with Crippen LogP contribution in [0.25, 0.3) is 0 Å². The summed E-state index contributed by atoms with van der Waals surface area (Å²) in [6.07, 6.45) is 4.77. The van der Waals surface area contributed by atoms with Gasteiger partial charge >= 0.3 is 0 Å². The predicted octanol–water partition coefficient (Wildman–Crippen LogP) is 1.87. The Hall–Kier alpha value is -2.37. The van der Waals surface area contributed by atoms with E-state index in [9.17, 15) is 4.79 Å². The zero-order valence-electron chi connectivity index (χ0n) is 13.7. The molecule has 4 rings (SSSR count). The number of carbonyl (C=O) groups excluding carboxylic acids is 1. The fourth-order valence-electron chi connectivity index (χ4n) is 3.53. The molecule has 2 aliphatic rings. The van der Waals surface area contributed by atoms with Crippen LogP contribution in [0.1, 0.15) is 36.5 Å². The van der Waals surface area contributed by atoms with Crippen LogP contribution in [0.5, 0.6) is 5.75 Å². The molecule has 0 radical (unpaired) electrons. The summed E-state index contributed by atoms with van der Waals surface area (Å²) in [6, 6.07) is 7.96. The number of para-hydroxylation sites is 1. The highest BCUT2D eigenvalue weighted by Gasteiger charge is 2.24. The summed E-state index contributed by atoms with van der Waals surface area (Å²) in [5.74, 6) is 2.82. The second kappa shape index (κ2) is 6.63. The van der Waals surface area contributed by atoms with Gasteiger partial charge in [-0.3, -0.25) is 4.79 Å². The van der Waals surface area contributed by atoms with Crippen LogP contribution in [0.2, 0.25) is 0 Å². The van der Waals surface area contributed by atoms with E-state index in [0.29, 0.717) is 13.2 Å². The van der Waals surface area contributed by atoms with Crippen LogP contribution >= 0.6 is 0 Å². The molecule has 1 aromatic heterocycles. The molecule has 1 aromatic carbocycles. The highest BCUT2D eigenvalue weighted by atomic mass is 16.5. The summed E-state index contributed by atoms with van der Waals surface area (Å²) in [7, 11) is 0. The fourth-order valence-corrected chi connectivity index (χ4v) is 3.53. The number of benzene rings is 1. The molecule has 0 saturated heterocycles. The van der Waals surface area contributed by atoms with Gasteiger partial charge in [-0.1, -0.05) is 18.2 Å². The first-order chi connectivity index (χ1) is 11.8. The molecular weight excluding hydrogens is 304 g/mol. The van der Waals surface area contributed by atoms with Crippen molar-refractivity contribution >= 4 is 5.91 Å². The van der Waals surface area contributed by atoms with E-state index in [4.69, 9.17) is 4.74 Å². The van der Waals surface area contributed by atoms with E-state index >= 15 is 0 Å². The molecule has 2 aromatic rings. The lowest BCUT2D eigenvalue weighted by atomic mass is 9.96. The highest BCUT2D eigenvalue weighted by Crippen LogP contribution is 2.26. The van der Waals surface area contributed by atoms with E-state index in [-0.39, 0.29) is 11.8 Å². The fraction of sp³-hybridized carbons (Fsp3) is 0.500. The number of carbonyl (C=O) groups is 1.